The molecule has 0 N–H and O–H groups in total. The van der Waals surface area contributed by atoms with Gasteiger partial charge in [0.15, 0.2) is 0 Å². The summed E-state index contributed by atoms with van der Waals surface area (Å²) in [7, 11) is 0. The van der Waals surface area contributed by atoms with E-state index in [1.165, 1.54) is 11.1 Å². The molecule has 2 nitrogen and oxygen atoms in total. The fourth-order valence-electron chi connectivity index (χ4n) is 2.63. The van der Waals surface area contributed by atoms with E-state index in [1.54, 1.807) is 0 Å². The smallest absolute Gasteiger partial charge is 0.134 e. The van der Waals surface area contributed by atoms with Crippen LogP contribution in [0.2, 0.25) is 5.02 Å². The molecule has 0 saturated carbocycles. The van der Waals surface area contributed by atoms with E-state index in [1.807, 2.05) is 24.3 Å². The van der Waals surface area contributed by atoms with Gasteiger partial charge in [-0.3, -0.25) is 0 Å². The minimum atomic E-state index is 0.358. The molecule has 22 heavy (non-hydrogen) atoms. The monoisotopic (exact) mass is 310 g/mol. The number of imidazole rings is 1. The largest absolute Gasteiger partial charge is 0.322 e. The summed E-state index contributed by atoms with van der Waals surface area (Å²) in [5.74, 6) is 0.977. The standard InChI is InChI=1S/C19H19ClN2/c1-13(2)22-18-12-14(3)4-10-17(18)21-19(22)11-7-15-5-8-16(20)9-6-15/h4-13H,1-3H3. The Kier molecular flexibility index (Phi) is 4.04. The van der Waals surface area contributed by atoms with E-state index in [-0.39, 0.29) is 0 Å². The van der Waals surface area contributed by atoms with Crippen LogP contribution in [0.1, 0.15) is 36.8 Å². The zero-order chi connectivity index (χ0) is 15.7. The quantitative estimate of drug-likeness (QED) is 0.602. The minimum absolute atomic E-state index is 0.358. The van der Waals surface area contributed by atoms with E-state index in [2.05, 4.69) is 55.7 Å². The third-order valence-electron chi connectivity index (χ3n) is 3.68. The molecule has 0 amide bonds. The average Bonchev–Trinajstić information content (AvgIpc) is 2.84. The zero-order valence-electron chi connectivity index (χ0n) is 13.0. The van der Waals surface area contributed by atoms with Crippen molar-refractivity contribution < 1.29 is 0 Å². The van der Waals surface area contributed by atoms with Crippen LogP contribution in [0.25, 0.3) is 23.2 Å². The van der Waals surface area contributed by atoms with E-state index in [0.29, 0.717) is 6.04 Å². The Hall–Kier alpha value is -2.06. The number of hydrogen-bond acceptors (Lipinski definition) is 1. The Balaban J connectivity index is 2.06. The Bertz CT molecular complexity index is 827. The highest BCUT2D eigenvalue weighted by Crippen LogP contribution is 2.23. The summed E-state index contributed by atoms with van der Waals surface area (Å²) >= 11 is 5.92. The maximum Gasteiger partial charge on any atom is 0.134 e. The third kappa shape index (κ3) is 2.93. The number of fused-ring (bicyclic) bond motifs is 1. The Morgan fingerprint density at radius 2 is 1.77 bits per heavy atom. The van der Waals surface area contributed by atoms with Crippen LogP contribution in [0.3, 0.4) is 0 Å². The second-order valence-electron chi connectivity index (χ2n) is 5.81. The third-order valence-corrected chi connectivity index (χ3v) is 3.94. The molecule has 1 aromatic heterocycles. The number of hydrogen-bond donors (Lipinski definition) is 0. The van der Waals surface area contributed by atoms with Crippen molar-refractivity contribution in [2.75, 3.05) is 0 Å². The second-order valence-corrected chi connectivity index (χ2v) is 6.25. The van der Waals surface area contributed by atoms with E-state index < -0.39 is 0 Å². The van der Waals surface area contributed by atoms with Gasteiger partial charge in [-0.1, -0.05) is 35.9 Å². The zero-order valence-corrected chi connectivity index (χ0v) is 13.8. The molecule has 0 bridgehead atoms. The molecule has 3 aromatic rings. The number of halogens is 1. The summed E-state index contributed by atoms with van der Waals surface area (Å²) in [5, 5.41) is 0.752. The molecule has 0 aliphatic heterocycles. The van der Waals surface area contributed by atoms with Crippen molar-refractivity contribution in [3.63, 3.8) is 0 Å². The van der Waals surface area contributed by atoms with Gasteiger partial charge >= 0.3 is 0 Å². The number of benzene rings is 2. The molecular formula is C19H19ClN2. The van der Waals surface area contributed by atoms with Gasteiger partial charge in [0.2, 0.25) is 0 Å². The number of nitrogens with zero attached hydrogens (tertiary/aromatic N) is 2. The lowest BCUT2D eigenvalue weighted by Crippen LogP contribution is -2.02. The molecule has 0 aliphatic rings. The van der Waals surface area contributed by atoms with Crippen LogP contribution in [0, 0.1) is 6.92 Å². The summed E-state index contributed by atoms with van der Waals surface area (Å²) in [5.41, 5.74) is 4.59. The highest BCUT2D eigenvalue weighted by Gasteiger charge is 2.11. The lowest BCUT2D eigenvalue weighted by Gasteiger charge is -2.11. The topological polar surface area (TPSA) is 17.8 Å². The molecule has 0 radical (unpaired) electrons. The first-order chi connectivity index (χ1) is 10.5. The molecule has 0 saturated heterocycles. The van der Waals surface area contributed by atoms with E-state index >= 15 is 0 Å². The molecule has 112 valence electrons. The van der Waals surface area contributed by atoms with Crippen LogP contribution in [0.15, 0.2) is 42.5 Å². The van der Waals surface area contributed by atoms with Gasteiger partial charge < -0.3 is 4.57 Å². The normalized spacial score (nSPS) is 11.9. The molecule has 0 fully saturated rings. The molecular weight excluding hydrogens is 292 g/mol. The van der Waals surface area contributed by atoms with Gasteiger partial charge in [0, 0.05) is 11.1 Å². The van der Waals surface area contributed by atoms with Gasteiger partial charge in [-0.15, -0.1) is 0 Å². The van der Waals surface area contributed by atoms with Crippen LogP contribution in [-0.4, -0.2) is 9.55 Å². The molecule has 1 heterocycles. The van der Waals surface area contributed by atoms with Gasteiger partial charge in [0.05, 0.1) is 11.0 Å². The summed E-state index contributed by atoms with van der Waals surface area (Å²) in [6, 6.07) is 14.6. The van der Waals surface area contributed by atoms with Gasteiger partial charge in [0.1, 0.15) is 5.82 Å². The number of rotatable bonds is 3. The average molecular weight is 311 g/mol. The van der Waals surface area contributed by atoms with E-state index in [9.17, 15) is 0 Å². The summed E-state index contributed by atoms with van der Waals surface area (Å²) in [4.78, 5) is 4.76. The predicted octanol–water partition coefficient (Wildman–Crippen LogP) is 5.75. The van der Waals surface area contributed by atoms with Crippen LogP contribution in [0.5, 0.6) is 0 Å². The molecule has 0 atom stereocenters. The first-order valence-electron chi connectivity index (χ1n) is 7.47. The minimum Gasteiger partial charge on any atom is -0.322 e. The highest BCUT2D eigenvalue weighted by molar-refractivity contribution is 6.30. The fourth-order valence-corrected chi connectivity index (χ4v) is 2.75. The van der Waals surface area contributed by atoms with Crippen molar-refractivity contribution in [2.45, 2.75) is 26.8 Å². The van der Waals surface area contributed by atoms with Crippen molar-refractivity contribution in [3.05, 3.63) is 64.4 Å². The molecule has 0 unspecified atom stereocenters. The predicted molar refractivity (Wildman–Crippen MR) is 95.2 cm³/mol. The Morgan fingerprint density at radius 3 is 2.45 bits per heavy atom. The Morgan fingerprint density at radius 1 is 1.05 bits per heavy atom. The van der Waals surface area contributed by atoms with Crippen molar-refractivity contribution in [1.82, 2.24) is 9.55 Å². The van der Waals surface area contributed by atoms with Crippen LogP contribution >= 0.6 is 11.6 Å². The second kappa shape index (κ2) is 5.98. The van der Waals surface area contributed by atoms with E-state index in [0.717, 1.165) is 21.9 Å². The van der Waals surface area contributed by atoms with E-state index in [4.69, 9.17) is 16.6 Å². The first-order valence-corrected chi connectivity index (χ1v) is 7.84. The molecule has 3 rings (SSSR count). The maximum absolute atomic E-state index is 5.92. The van der Waals surface area contributed by atoms with Crippen molar-refractivity contribution >= 4 is 34.8 Å². The van der Waals surface area contributed by atoms with Crippen LogP contribution in [-0.2, 0) is 0 Å². The molecule has 2 aromatic carbocycles. The Labute approximate surface area is 136 Å². The van der Waals surface area contributed by atoms with Gasteiger partial charge in [0.25, 0.3) is 0 Å². The van der Waals surface area contributed by atoms with Gasteiger partial charge in [-0.05, 0) is 62.2 Å². The molecule has 0 spiro atoms. The summed E-state index contributed by atoms with van der Waals surface area (Å²) < 4.78 is 2.27. The summed E-state index contributed by atoms with van der Waals surface area (Å²) in [6.07, 6.45) is 4.14. The van der Waals surface area contributed by atoms with Gasteiger partial charge in [-0.25, -0.2) is 4.98 Å². The number of aryl methyl sites for hydroxylation is 1. The lowest BCUT2D eigenvalue weighted by molar-refractivity contribution is 0.612. The van der Waals surface area contributed by atoms with Crippen LogP contribution < -0.4 is 0 Å². The van der Waals surface area contributed by atoms with Crippen molar-refractivity contribution in [2.24, 2.45) is 0 Å². The maximum atomic E-state index is 5.92. The molecule has 0 aliphatic carbocycles. The van der Waals surface area contributed by atoms with Crippen molar-refractivity contribution in [3.8, 4) is 0 Å². The fraction of sp³-hybridized carbons (Fsp3) is 0.211. The lowest BCUT2D eigenvalue weighted by atomic mass is 10.2. The van der Waals surface area contributed by atoms with Crippen molar-refractivity contribution in [1.29, 1.82) is 0 Å². The number of aromatic nitrogens is 2. The van der Waals surface area contributed by atoms with Gasteiger partial charge in [-0.2, -0.15) is 0 Å². The highest BCUT2D eigenvalue weighted by atomic mass is 35.5. The first kappa shape index (κ1) is 14.9. The summed E-state index contributed by atoms with van der Waals surface area (Å²) in [6.45, 7) is 6.48. The SMILES string of the molecule is Cc1ccc2nc(C=Cc3ccc(Cl)cc3)n(C(C)C)c2c1. The molecule has 3 heteroatoms. The van der Waals surface area contributed by atoms with Crippen LogP contribution in [0.4, 0.5) is 0 Å².